The number of nitrogens with one attached hydrogen (secondary N) is 1. The van der Waals surface area contributed by atoms with E-state index in [0.29, 0.717) is 21.9 Å². The van der Waals surface area contributed by atoms with Crippen molar-refractivity contribution in [1.82, 2.24) is 5.32 Å². The van der Waals surface area contributed by atoms with Crippen molar-refractivity contribution in [2.24, 2.45) is 11.8 Å². The first-order valence-electron chi connectivity index (χ1n) is 6.85. The zero-order chi connectivity index (χ0) is 13.8. The standard InChI is InChI=1S/C15H21Cl2NO/c1-10(2)8-18-9-12-5-6-19-15(12)11-3-4-13(16)14(17)7-11/h3-4,7,10,12,15,18H,5-6,8-9H2,1-2H3. The topological polar surface area (TPSA) is 21.3 Å². The molecule has 0 spiro atoms. The zero-order valence-electron chi connectivity index (χ0n) is 11.5. The zero-order valence-corrected chi connectivity index (χ0v) is 13.0. The number of rotatable bonds is 5. The third-order valence-electron chi connectivity index (χ3n) is 3.45. The van der Waals surface area contributed by atoms with Crippen molar-refractivity contribution >= 4 is 23.2 Å². The molecule has 2 rings (SSSR count). The Morgan fingerprint density at radius 2 is 2.11 bits per heavy atom. The van der Waals surface area contributed by atoms with Gasteiger partial charge in [0.05, 0.1) is 16.1 Å². The third-order valence-corrected chi connectivity index (χ3v) is 4.18. The minimum atomic E-state index is 0.134. The number of benzene rings is 1. The second kappa shape index (κ2) is 6.94. The largest absolute Gasteiger partial charge is 0.373 e. The molecule has 1 aromatic rings. The van der Waals surface area contributed by atoms with Gasteiger partial charge in [0.25, 0.3) is 0 Å². The van der Waals surface area contributed by atoms with E-state index in [9.17, 15) is 0 Å². The van der Waals surface area contributed by atoms with E-state index in [1.807, 2.05) is 18.2 Å². The molecule has 0 aliphatic carbocycles. The summed E-state index contributed by atoms with van der Waals surface area (Å²) < 4.78 is 5.86. The lowest BCUT2D eigenvalue weighted by atomic mass is 9.95. The van der Waals surface area contributed by atoms with E-state index < -0.39 is 0 Å². The van der Waals surface area contributed by atoms with Crippen molar-refractivity contribution in [3.05, 3.63) is 33.8 Å². The Labute approximate surface area is 125 Å². The maximum atomic E-state index is 6.08. The smallest absolute Gasteiger partial charge is 0.0866 e. The molecule has 0 radical (unpaired) electrons. The van der Waals surface area contributed by atoms with Crippen molar-refractivity contribution < 1.29 is 4.74 Å². The fraction of sp³-hybridized carbons (Fsp3) is 0.600. The normalized spacial score (nSPS) is 23.2. The monoisotopic (exact) mass is 301 g/mol. The number of ether oxygens (including phenoxy) is 1. The highest BCUT2D eigenvalue weighted by atomic mass is 35.5. The van der Waals surface area contributed by atoms with Gasteiger partial charge >= 0.3 is 0 Å². The maximum Gasteiger partial charge on any atom is 0.0866 e. The maximum absolute atomic E-state index is 6.08. The van der Waals surface area contributed by atoms with Gasteiger partial charge in [-0.3, -0.25) is 0 Å². The van der Waals surface area contributed by atoms with Crippen molar-refractivity contribution in [2.45, 2.75) is 26.4 Å². The van der Waals surface area contributed by atoms with Gasteiger partial charge in [-0.1, -0.05) is 43.1 Å². The molecule has 1 heterocycles. The molecule has 2 atom stereocenters. The molecule has 4 heteroatoms. The molecule has 1 N–H and O–H groups in total. The summed E-state index contributed by atoms with van der Waals surface area (Å²) >= 11 is 12.0. The van der Waals surface area contributed by atoms with Gasteiger partial charge in [0, 0.05) is 19.1 Å². The third kappa shape index (κ3) is 4.09. The molecule has 1 aliphatic heterocycles. The van der Waals surface area contributed by atoms with Crippen LogP contribution < -0.4 is 5.32 Å². The van der Waals surface area contributed by atoms with Gasteiger partial charge in [-0.25, -0.2) is 0 Å². The number of halogens is 2. The fourth-order valence-electron chi connectivity index (χ4n) is 2.46. The molecule has 2 nitrogen and oxygen atoms in total. The first-order chi connectivity index (χ1) is 9.08. The number of hydrogen-bond acceptors (Lipinski definition) is 2. The van der Waals surface area contributed by atoms with Crippen molar-refractivity contribution in [2.75, 3.05) is 19.7 Å². The van der Waals surface area contributed by atoms with E-state index in [2.05, 4.69) is 19.2 Å². The molecule has 2 unspecified atom stereocenters. The predicted molar refractivity (Wildman–Crippen MR) is 81.0 cm³/mol. The molecule has 106 valence electrons. The van der Waals surface area contributed by atoms with Crippen LogP contribution in [0.4, 0.5) is 0 Å². The highest BCUT2D eigenvalue weighted by molar-refractivity contribution is 6.42. The highest BCUT2D eigenvalue weighted by Crippen LogP contribution is 2.36. The fourth-order valence-corrected chi connectivity index (χ4v) is 2.76. The summed E-state index contributed by atoms with van der Waals surface area (Å²) in [6.07, 6.45) is 1.23. The predicted octanol–water partition coefficient (Wildman–Crippen LogP) is 4.32. The summed E-state index contributed by atoms with van der Waals surface area (Å²) in [4.78, 5) is 0. The Hall–Kier alpha value is -0.280. The highest BCUT2D eigenvalue weighted by Gasteiger charge is 2.29. The van der Waals surface area contributed by atoms with E-state index in [0.717, 1.165) is 31.7 Å². The van der Waals surface area contributed by atoms with Crippen LogP contribution in [0, 0.1) is 11.8 Å². The van der Waals surface area contributed by atoms with Crippen molar-refractivity contribution in [3.63, 3.8) is 0 Å². The van der Waals surface area contributed by atoms with Gasteiger partial charge in [0.1, 0.15) is 0 Å². The lowest BCUT2D eigenvalue weighted by Crippen LogP contribution is -2.27. The van der Waals surface area contributed by atoms with Gasteiger partial charge in [-0.15, -0.1) is 0 Å². The minimum Gasteiger partial charge on any atom is -0.373 e. The van der Waals surface area contributed by atoms with Crippen LogP contribution in [-0.2, 0) is 4.74 Å². The first-order valence-corrected chi connectivity index (χ1v) is 7.60. The minimum absolute atomic E-state index is 0.134. The van der Waals surface area contributed by atoms with Crippen LogP contribution in [0.3, 0.4) is 0 Å². The van der Waals surface area contributed by atoms with Crippen LogP contribution in [0.15, 0.2) is 18.2 Å². The van der Waals surface area contributed by atoms with Crippen molar-refractivity contribution in [3.8, 4) is 0 Å². The SMILES string of the molecule is CC(C)CNCC1CCOC1c1ccc(Cl)c(Cl)c1. The Morgan fingerprint density at radius 3 is 2.79 bits per heavy atom. The molecular weight excluding hydrogens is 281 g/mol. The van der Waals surface area contributed by atoms with Crippen LogP contribution in [0.1, 0.15) is 31.9 Å². The van der Waals surface area contributed by atoms with Gasteiger partial charge in [-0.05, 0) is 36.6 Å². The molecule has 19 heavy (non-hydrogen) atoms. The summed E-state index contributed by atoms with van der Waals surface area (Å²) in [6, 6.07) is 5.79. The molecule has 0 saturated carbocycles. The van der Waals surface area contributed by atoms with Gasteiger partial charge in [0.2, 0.25) is 0 Å². The van der Waals surface area contributed by atoms with E-state index in [4.69, 9.17) is 27.9 Å². The van der Waals surface area contributed by atoms with Crippen LogP contribution in [-0.4, -0.2) is 19.7 Å². The van der Waals surface area contributed by atoms with Crippen LogP contribution >= 0.6 is 23.2 Å². The number of hydrogen-bond donors (Lipinski definition) is 1. The molecule has 0 amide bonds. The van der Waals surface area contributed by atoms with Crippen LogP contribution in [0.25, 0.3) is 0 Å². The summed E-state index contributed by atoms with van der Waals surface area (Å²) in [5, 5.41) is 4.71. The summed E-state index contributed by atoms with van der Waals surface area (Å²) in [7, 11) is 0. The van der Waals surface area contributed by atoms with E-state index in [1.54, 1.807) is 0 Å². The summed E-state index contributed by atoms with van der Waals surface area (Å²) in [6.45, 7) is 7.29. The van der Waals surface area contributed by atoms with Crippen LogP contribution in [0.5, 0.6) is 0 Å². The molecule has 0 bridgehead atoms. The molecule has 1 aromatic carbocycles. The van der Waals surface area contributed by atoms with Gasteiger partial charge < -0.3 is 10.1 Å². The van der Waals surface area contributed by atoms with Gasteiger partial charge in [0.15, 0.2) is 0 Å². The van der Waals surface area contributed by atoms with Gasteiger partial charge in [-0.2, -0.15) is 0 Å². The Morgan fingerprint density at radius 1 is 1.32 bits per heavy atom. The van der Waals surface area contributed by atoms with Crippen molar-refractivity contribution in [1.29, 1.82) is 0 Å². The second-order valence-corrected chi connectivity index (χ2v) is 6.38. The molecular formula is C15H21Cl2NO. The summed E-state index contributed by atoms with van der Waals surface area (Å²) in [5.74, 6) is 1.18. The Bertz CT molecular complexity index is 423. The average Bonchev–Trinajstić information content (AvgIpc) is 2.80. The summed E-state index contributed by atoms with van der Waals surface area (Å²) in [5.41, 5.74) is 1.13. The van der Waals surface area contributed by atoms with E-state index >= 15 is 0 Å². The lowest BCUT2D eigenvalue weighted by Gasteiger charge is -2.20. The second-order valence-electron chi connectivity index (χ2n) is 5.57. The van der Waals surface area contributed by atoms with Crippen LogP contribution in [0.2, 0.25) is 10.0 Å². The average molecular weight is 302 g/mol. The quantitative estimate of drug-likeness (QED) is 0.874. The molecule has 1 fully saturated rings. The molecule has 1 saturated heterocycles. The van der Waals surface area contributed by atoms with E-state index in [-0.39, 0.29) is 6.10 Å². The molecule has 0 aromatic heterocycles. The molecule has 1 aliphatic rings. The first kappa shape index (κ1) is 15.1. The Kier molecular flexibility index (Phi) is 5.52. The van der Waals surface area contributed by atoms with E-state index in [1.165, 1.54) is 0 Å². The lowest BCUT2D eigenvalue weighted by molar-refractivity contribution is 0.0904. The Balaban J connectivity index is 1.99.